The second-order valence-electron chi connectivity index (χ2n) is 8.71. The number of para-hydroxylation sites is 1. The lowest BCUT2D eigenvalue weighted by molar-refractivity contribution is 0.239. The lowest BCUT2D eigenvalue weighted by Gasteiger charge is -2.27. The van der Waals surface area contributed by atoms with Gasteiger partial charge >= 0.3 is 0 Å². The number of anilines is 1. The van der Waals surface area contributed by atoms with Gasteiger partial charge in [-0.2, -0.15) is 0 Å². The van der Waals surface area contributed by atoms with E-state index in [0.29, 0.717) is 12.0 Å². The summed E-state index contributed by atoms with van der Waals surface area (Å²) >= 11 is 0. The van der Waals surface area contributed by atoms with Crippen LogP contribution in [-0.4, -0.2) is 51.3 Å². The van der Waals surface area contributed by atoms with Gasteiger partial charge in [0.25, 0.3) is 0 Å². The molecule has 2 N–H and O–H groups in total. The first-order valence-corrected chi connectivity index (χ1v) is 11.4. The molecule has 2 saturated heterocycles. The second-order valence-corrected chi connectivity index (χ2v) is 8.71. The number of nitrogens with one attached hydrogen (secondary N) is 2. The zero-order valence-corrected chi connectivity index (χ0v) is 18.3. The van der Waals surface area contributed by atoms with Gasteiger partial charge in [-0.05, 0) is 59.6 Å². The molecular formula is C26H32N4O. The van der Waals surface area contributed by atoms with E-state index in [1.165, 1.54) is 35.0 Å². The maximum atomic E-state index is 5.37. The monoisotopic (exact) mass is 416 g/mol. The number of methoxy groups -OCH3 is 1. The minimum atomic E-state index is 0.333. The van der Waals surface area contributed by atoms with Gasteiger partial charge in [-0.3, -0.25) is 5.43 Å². The van der Waals surface area contributed by atoms with Crippen molar-refractivity contribution in [2.45, 2.75) is 12.5 Å². The molecule has 5 heteroatoms. The van der Waals surface area contributed by atoms with E-state index in [1.807, 2.05) is 6.07 Å². The molecule has 2 atom stereocenters. The average Bonchev–Trinajstić information content (AvgIpc) is 3.15. The molecule has 0 bridgehead atoms. The van der Waals surface area contributed by atoms with Crippen LogP contribution in [0.3, 0.4) is 0 Å². The Kier molecular flexibility index (Phi) is 6.07. The second kappa shape index (κ2) is 9.27. The summed E-state index contributed by atoms with van der Waals surface area (Å²) in [4.78, 5) is 5.18. The predicted octanol–water partition coefficient (Wildman–Crippen LogP) is 3.83. The van der Waals surface area contributed by atoms with Crippen molar-refractivity contribution in [3.8, 4) is 5.75 Å². The molecule has 0 spiro atoms. The summed E-state index contributed by atoms with van der Waals surface area (Å²) in [5.41, 5.74) is 9.66. The first-order valence-electron chi connectivity index (χ1n) is 11.4. The third kappa shape index (κ3) is 4.54. The summed E-state index contributed by atoms with van der Waals surface area (Å²) < 4.78 is 5.37. The first kappa shape index (κ1) is 20.3. The van der Waals surface area contributed by atoms with Crippen molar-refractivity contribution in [1.82, 2.24) is 15.8 Å². The van der Waals surface area contributed by atoms with Crippen LogP contribution in [-0.2, 0) is 0 Å². The molecule has 2 unspecified atom stereocenters. The number of hydrazine groups is 1. The van der Waals surface area contributed by atoms with Crippen LogP contribution < -0.4 is 20.5 Å². The number of benzene rings is 3. The molecule has 5 nitrogen and oxygen atoms in total. The van der Waals surface area contributed by atoms with Crippen LogP contribution in [0.5, 0.6) is 5.75 Å². The van der Waals surface area contributed by atoms with Crippen LogP contribution in [0.4, 0.5) is 5.69 Å². The highest BCUT2D eigenvalue weighted by Gasteiger charge is 2.30. The van der Waals surface area contributed by atoms with Gasteiger partial charge in [-0.25, -0.2) is 5.43 Å². The van der Waals surface area contributed by atoms with E-state index in [1.54, 1.807) is 7.11 Å². The molecule has 2 aliphatic rings. The van der Waals surface area contributed by atoms with Gasteiger partial charge in [0.1, 0.15) is 5.75 Å². The summed E-state index contributed by atoms with van der Waals surface area (Å²) in [5.74, 6) is 1.46. The Bertz CT molecular complexity index is 1010. The number of nitrogens with zero attached hydrogens (tertiary/aromatic N) is 2. The number of fused-ring (bicyclic) bond motifs is 1. The lowest BCUT2D eigenvalue weighted by Crippen LogP contribution is -2.36. The van der Waals surface area contributed by atoms with Gasteiger partial charge in [0, 0.05) is 44.3 Å². The topological polar surface area (TPSA) is 39.8 Å². The van der Waals surface area contributed by atoms with E-state index in [-0.39, 0.29) is 0 Å². The summed E-state index contributed by atoms with van der Waals surface area (Å²) in [7, 11) is 1.72. The van der Waals surface area contributed by atoms with Gasteiger partial charge < -0.3 is 14.5 Å². The Morgan fingerprint density at radius 1 is 0.903 bits per heavy atom. The van der Waals surface area contributed by atoms with Crippen molar-refractivity contribution < 1.29 is 4.74 Å². The Hall–Kier alpha value is -2.60. The van der Waals surface area contributed by atoms with Crippen LogP contribution in [0, 0.1) is 5.92 Å². The van der Waals surface area contributed by atoms with Crippen molar-refractivity contribution in [2.75, 3.05) is 51.3 Å². The maximum absolute atomic E-state index is 5.37. The third-order valence-corrected chi connectivity index (χ3v) is 6.73. The lowest BCUT2D eigenvalue weighted by atomic mass is 9.92. The molecule has 0 aliphatic carbocycles. The summed E-state index contributed by atoms with van der Waals surface area (Å²) in [6.45, 7) is 6.65. The van der Waals surface area contributed by atoms with Crippen molar-refractivity contribution in [3.05, 3.63) is 72.3 Å². The van der Waals surface area contributed by atoms with Crippen LogP contribution in [0.15, 0.2) is 66.7 Å². The molecule has 2 heterocycles. The fourth-order valence-corrected chi connectivity index (χ4v) is 5.01. The standard InChI is InChI=1S/C26H32N4O/c1-31-25-11-10-20-16-22(9-8-21(20)17-25)26-23(18-27-28-26)19-29-12-5-13-30(15-14-29)24-6-3-2-4-7-24/h2-4,6-11,16-17,23,26-28H,5,12-15,18-19H2,1H3. The smallest absolute Gasteiger partial charge is 0.119 e. The molecular weight excluding hydrogens is 384 g/mol. The van der Waals surface area contributed by atoms with Crippen LogP contribution in [0.1, 0.15) is 18.0 Å². The van der Waals surface area contributed by atoms with Crippen molar-refractivity contribution in [1.29, 1.82) is 0 Å². The molecule has 0 amide bonds. The molecule has 5 rings (SSSR count). The summed E-state index contributed by atoms with van der Waals surface area (Å²) in [6, 6.07) is 24.3. The molecule has 0 saturated carbocycles. The number of ether oxygens (including phenoxy) is 1. The Labute approximate surface area is 185 Å². The third-order valence-electron chi connectivity index (χ3n) is 6.73. The number of hydrogen-bond donors (Lipinski definition) is 2. The minimum absolute atomic E-state index is 0.333. The Morgan fingerprint density at radius 2 is 1.74 bits per heavy atom. The quantitative estimate of drug-likeness (QED) is 0.662. The van der Waals surface area contributed by atoms with E-state index >= 15 is 0 Å². The van der Waals surface area contributed by atoms with Crippen molar-refractivity contribution >= 4 is 16.5 Å². The van der Waals surface area contributed by atoms with Crippen LogP contribution in [0.2, 0.25) is 0 Å². The molecule has 3 aromatic carbocycles. The molecule has 3 aromatic rings. The van der Waals surface area contributed by atoms with E-state index in [9.17, 15) is 0 Å². The fourth-order valence-electron chi connectivity index (χ4n) is 5.01. The maximum Gasteiger partial charge on any atom is 0.119 e. The number of hydrogen-bond acceptors (Lipinski definition) is 5. The van der Waals surface area contributed by atoms with Gasteiger partial charge in [0.2, 0.25) is 0 Å². The van der Waals surface area contributed by atoms with Crippen LogP contribution >= 0.6 is 0 Å². The van der Waals surface area contributed by atoms with Crippen molar-refractivity contribution in [3.63, 3.8) is 0 Å². The van der Waals surface area contributed by atoms with Gasteiger partial charge in [-0.15, -0.1) is 0 Å². The average molecular weight is 417 g/mol. The molecule has 0 aromatic heterocycles. The van der Waals surface area contributed by atoms with Crippen LogP contribution in [0.25, 0.3) is 10.8 Å². The summed E-state index contributed by atoms with van der Waals surface area (Å²) in [6.07, 6.45) is 1.21. The molecule has 31 heavy (non-hydrogen) atoms. The zero-order chi connectivity index (χ0) is 21.0. The minimum Gasteiger partial charge on any atom is -0.497 e. The molecule has 2 aliphatic heterocycles. The fraction of sp³-hybridized carbons (Fsp3) is 0.385. The molecule has 0 radical (unpaired) electrons. The molecule has 2 fully saturated rings. The predicted molar refractivity (Wildman–Crippen MR) is 128 cm³/mol. The van der Waals surface area contributed by atoms with E-state index in [4.69, 9.17) is 4.74 Å². The van der Waals surface area contributed by atoms with E-state index < -0.39 is 0 Å². The largest absolute Gasteiger partial charge is 0.497 e. The normalized spacial score (nSPS) is 22.5. The Morgan fingerprint density at radius 3 is 2.61 bits per heavy atom. The van der Waals surface area contributed by atoms with Gasteiger partial charge in [0.05, 0.1) is 13.2 Å². The SMILES string of the molecule is COc1ccc2cc(C3NNCC3CN3CCCN(c4ccccc4)CC3)ccc2c1. The summed E-state index contributed by atoms with van der Waals surface area (Å²) in [5, 5.41) is 2.48. The Balaban J connectivity index is 1.26. The first-order chi connectivity index (χ1) is 15.3. The highest BCUT2D eigenvalue weighted by molar-refractivity contribution is 5.84. The highest BCUT2D eigenvalue weighted by atomic mass is 16.5. The van der Waals surface area contributed by atoms with Crippen molar-refractivity contribution in [2.24, 2.45) is 5.92 Å². The van der Waals surface area contributed by atoms with Gasteiger partial charge in [0.15, 0.2) is 0 Å². The van der Waals surface area contributed by atoms with E-state index in [0.717, 1.165) is 38.5 Å². The molecule has 162 valence electrons. The highest BCUT2D eigenvalue weighted by Crippen LogP contribution is 2.30. The van der Waals surface area contributed by atoms with E-state index in [2.05, 4.69) is 81.3 Å². The number of rotatable bonds is 5. The van der Waals surface area contributed by atoms with Gasteiger partial charge in [-0.1, -0.05) is 36.4 Å². The zero-order valence-electron chi connectivity index (χ0n) is 18.3.